The van der Waals surface area contributed by atoms with Gasteiger partial charge in [-0.3, -0.25) is 0 Å². The van der Waals surface area contributed by atoms with Crippen LogP contribution in [0, 0.1) is 0 Å². The Morgan fingerprint density at radius 3 is 3.00 bits per heavy atom. The van der Waals surface area contributed by atoms with Crippen molar-refractivity contribution in [2.45, 2.75) is 31.2 Å². The van der Waals surface area contributed by atoms with E-state index < -0.39 is 6.10 Å². The second-order valence-electron chi connectivity index (χ2n) is 3.46. The summed E-state index contributed by atoms with van der Waals surface area (Å²) in [5, 5.41) is 0. The molecule has 3 unspecified atom stereocenters. The summed E-state index contributed by atoms with van der Waals surface area (Å²) in [4.78, 5) is 11.2. The van der Waals surface area contributed by atoms with Crippen molar-refractivity contribution in [3.05, 3.63) is 0 Å². The molecular weight excluding hydrogens is 188 g/mol. The highest BCUT2D eigenvalue weighted by Gasteiger charge is 2.37. The van der Waals surface area contributed by atoms with Crippen LogP contribution in [0.1, 0.15) is 12.8 Å². The zero-order valence-electron chi connectivity index (χ0n) is 8.10. The monoisotopic (exact) mass is 202 g/mol. The topological polar surface area (TPSA) is 54.0 Å². The van der Waals surface area contributed by atoms with Gasteiger partial charge in [0.15, 0.2) is 6.10 Å². The van der Waals surface area contributed by atoms with Crippen LogP contribution in [0.25, 0.3) is 0 Å². The minimum Gasteiger partial charge on any atom is -0.467 e. The number of hydrogen-bond donors (Lipinski definition) is 0. The quantitative estimate of drug-likeness (QED) is 0.564. The van der Waals surface area contributed by atoms with Crippen molar-refractivity contribution in [3.63, 3.8) is 0 Å². The summed E-state index contributed by atoms with van der Waals surface area (Å²) >= 11 is 0. The zero-order valence-corrected chi connectivity index (χ0v) is 8.10. The van der Waals surface area contributed by atoms with Gasteiger partial charge < -0.3 is 18.9 Å². The minimum absolute atomic E-state index is 0.0738. The number of rotatable bonds is 1. The third-order valence-corrected chi connectivity index (χ3v) is 2.58. The fourth-order valence-corrected chi connectivity index (χ4v) is 1.81. The lowest BCUT2D eigenvalue weighted by Crippen LogP contribution is -2.48. The van der Waals surface area contributed by atoms with Gasteiger partial charge in [0.05, 0.1) is 19.8 Å². The molecule has 0 aliphatic carbocycles. The fraction of sp³-hybridized carbons (Fsp3) is 0.889. The van der Waals surface area contributed by atoms with Crippen molar-refractivity contribution in [3.8, 4) is 0 Å². The van der Waals surface area contributed by atoms with E-state index in [0.717, 1.165) is 6.42 Å². The summed E-state index contributed by atoms with van der Waals surface area (Å²) in [7, 11) is 1.37. The number of esters is 1. The molecule has 80 valence electrons. The standard InChI is InChI=1S/C9H14O5/c1-11-9(10)7-3-2-6-8(14-7)4-12-5-13-6/h6-8H,2-5H2,1H3. The molecule has 2 fully saturated rings. The van der Waals surface area contributed by atoms with Gasteiger partial charge in [-0.25, -0.2) is 4.79 Å². The van der Waals surface area contributed by atoms with E-state index in [-0.39, 0.29) is 18.2 Å². The molecule has 14 heavy (non-hydrogen) atoms. The highest BCUT2D eigenvalue weighted by Crippen LogP contribution is 2.25. The molecule has 2 heterocycles. The van der Waals surface area contributed by atoms with Crippen molar-refractivity contribution < 1.29 is 23.7 Å². The van der Waals surface area contributed by atoms with Crippen LogP contribution < -0.4 is 0 Å². The maximum Gasteiger partial charge on any atom is 0.334 e. The summed E-state index contributed by atoms with van der Waals surface area (Å²) in [6.07, 6.45) is 0.986. The van der Waals surface area contributed by atoms with Crippen molar-refractivity contribution in [1.82, 2.24) is 0 Å². The largest absolute Gasteiger partial charge is 0.467 e. The van der Waals surface area contributed by atoms with E-state index in [4.69, 9.17) is 14.2 Å². The van der Waals surface area contributed by atoms with Gasteiger partial charge in [0.25, 0.3) is 0 Å². The van der Waals surface area contributed by atoms with Crippen LogP contribution in [0.15, 0.2) is 0 Å². The first-order valence-electron chi connectivity index (χ1n) is 4.74. The van der Waals surface area contributed by atoms with Crippen LogP contribution >= 0.6 is 0 Å². The lowest BCUT2D eigenvalue weighted by Gasteiger charge is -2.37. The summed E-state index contributed by atoms with van der Waals surface area (Å²) < 4.78 is 20.6. The van der Waals surface area contributed by atoms with Gasteiger partial charge in [-0.2, -0.15) is 0 Å². The van der Waals surface area contributed by atoms with Gasteiger partial charge in [0, 0.05) is 0 Å². The summed E-state index contributed by atoms with van der Waals surface area (Å²) in [5.41, 5.74) is 0. The van der Waals surface area contributed by atoms with Crippen molar-refractivity contribution >= 4 is 5.97 Å². The van der Waals surface area contributed by atoms with Crippen LogP contribution in [0.3, 0.4) is 0 Å². The highest BCUT2D eigenvalue weighted by molar-refractivity contribution is 5.74. The Bertz CT molecular complexity index is 217. The van der Waals surface area contributed by atoms with E-state index in [1.807, 2.05) is 0 Å². The molecule has 2 aliphatic heterocycles. The van der Waals surface area contributed by atoms with Crippen LogP contribution in [0.5, 0.6) is 0 Å². The zero-order chi connectivity index (χ0) is 9.97. The smallest absolute Gasteiger partial charge is 0.334 e. The molecule has 0 amide bonds. The molecule has 0 N–H and O–H groups in total. The van der Waals surface area contributed by atoms with Gasteiger partial charge in [-0.05, 0) is 12.8 Å². The Balaban J connectivity index is 1.92. The predicted octanol–water partition coefficient (Wildman–Crippen LogP) is 0.0799. The Kier molecular flexibility index (Phi) is 3.00. The molecule has 2 aliphatic rings. The third-order valence-electron chi connectivity index (χ3n) is 2.58. The summed E-state index contributed by atoms with van der Waals surface area (Å²) in [6, 6.07) is 0. The molecule has 0 bridgehead atoms. The molecule has 0 aromatic rings. The van der Waals surface area contributed by atoms with E-state index in [0.29, 0.717) is 19.8 Å². The van der Waals surface area contributed by atoms with Crippen molar-refractivity contribution in [2.24, 2.45) is 0 Å². The molecule has 5 heteroatoms. The average Bonchev–Trinajstić information content (AvgIpc) is 2.27. The second kappa shape index (κ2) is 4.25. The van der Waals surface area contributed by atoms with Crippen molar-refractivity contribution in [2.75, 3.05) is 20.5 Å². The maximum absolute atomic E-state index is 11.2. The molecular formula is C9H14O5. The van der Waals surface area contributed by atoms with Gasteiger partial charge >= 0.3 is 5.97 Å². The normalized spacial score (nSPS) is 37.4. The SMILES string of the molecule is COC(=O)C1CCC2OCOCC2O1. The average molecular weight is 202 g/mol. The minimum atomic E-state index is -0.452. The molecule has 0 radical (unpaired) electrons. The van der Waals surface area contributed by atoms with Crippen molar-refractivity contribution in [1.29, 1.82) is 0 Å². The molecule has 0 spiro atoms. The Morgan fingerprint density at radius 1 is 1.36 bits per heavy atom. The van der Waals surface area contributed by atoms with E-state index >= 15 is 0 Å². The Morgan fingerprint density at radius 2 is 2.21 bits per heavy atom. The van der Waals surface area contributed by atoms with Gasteiger partial charge in [0.2, 0.25) is 0 Å². The summed E-state index contributed by atoms with van der Waals surface area (Å²) in [6.45, 7) is 0.825. The molecule has 0 aromatic carbocycles. The van der Waals surface area contributed by atoms with Gasteiger partial charge in [-0.1, -0.05) is 0 Å². The first-order valence-corrected chi connectivity index (χ1v) is 4.74. The lowest BCUT2D eigenvalue weighted by atomic mass is 10.0. The lowest BCUT2D eigenvalue weighted by molar-refractivity contribution is -0.241. The second-order valence-corrected chi connectivity index (χ2v) is 3.46. The van der Waals surface area contributed by atoms with Crippen LogP contribution in [0.2, 0.25) is 0 Å². The van der Waals surface area contributed by atoms with E-state index in [1.54, 1.807) is 0 Å². The van der Waals surface area contributed by atoms with Crippen LogP contribution in [0.4, 0.5) is 0 Å². The highest BCUT2D eigenvalue weighted by atomic mass is 16.7. The van der Waals surface area contributed by atoms with E-state index in [9.17, 15) is 4.79 Å². The molecule has 3 atom stereocenters. The number of carbonyl (C=O) groups excluding carboxylic acids is 1. The Labute approximate surface area is 82.3 Å². The number of ether oxygens (including phenoxy) is 4. The number of carbonyl (C=O) groups is 1. The Hall–Kier alpha value is -0.650. The van der Waals surface area contributed by atoms with Crippen LogP contribution in [-0.2, 0) is 23.7 Å². The first kappa shape index (κ1) is 9.89. The molecule has 5 nitrogen and oxygen atoms in total. The number of methoxy groups -OCH3 is 1. The van der Waals surface area contributed by atoms with Crippen LogP contribution in [-0.4, -0.2) is 44.8 Å². The van der Waals surface area contributed by atoms with E-state index in [2.05, 4.69) is 4.74 Å². The van der Waals surface area contributed by atoms with Gasteiger partial charge in [0.1, 0.15) is 12.9 Å². The predicted molar refractivity (Wildman–Crippen MR) is 45.6 cm³/mol. The third kappa shape index (κ3) is 1.89. The fourth-order valence-electron chi connectivity index (χ4n) is 1.81. The number of hydrogen-bond acceptors (Lipinski definition) is 5. The number of fused-ring (bicyclic) bond motifs is 1. The van der Waals surface area contributed by atoms with Gasteiger partial charge in [-0.15, -0.1) is 0 Å². The maximum atomic E-state index is 11.2. The summed E-state index contributed by atoms with van der Waals surface area (Å²) in [5.74, 6) is -0.311. The molecule has 0 saturated carbocycles. The molecule has 2 saturated heterocycles. The molecule has 2 rings (SSSR count). The first-order chi connectivity index (χ1) is 6.81. The van der Waals surface area contributed by atoms with E-state index in [1.165, 1.54) is 7.11 Å². The molecule has 0 aromatic heterocycles.